The average molecular weight is 392 g/mol. The molecular formula is C20H29N3O3S. The van der Waals surface area contributed by atoms with E-state index in [0.717, 1.165) is 38.5 Å². The lowest BCUT2D eigenvalue weighted by Gasteiger charge is -2.20. The molecule has 0 spiro atoms. The molecular weight excluding hydrogens is 362 g/mol. The van der Waals surface area contributed by atoms with E-state index in [1.54, 1.807) is 24.3 Å². The number of rotatable bonds is 6. The van der Waals surface area contributed by atoms with Crippen molar-refractivity contribution in [1.29, 1.82) is 0 Å². The molecule has 7 heteroatoms. The van der Waals surface area contributed by atoms with E-state index in [9.17, 15) is 13.2 Å². The van der Waals surface area contributed by atoms with E-state index in [0.29, 0.717) is 12.0 Å². The number of unbranched alkanes of at least 4 members (excludes halogenated alkanes) is 1. The van der Waals surface area contributed by atoms with Crippen molar-refractivity contribution < 1.29 is 13.2 Å². The number of sulfonamides is 1. The molecule has 148 valence electrons. The molecule has 0 radical (unpaired) electrons. The second-order valence-electron chi connectivity index (χ2n) is 7.43. The summed E-state index contributed by atoms with van der Waals surface area (Å²) in [6, 6.07) is 6.39. The van der Waals surface area contributed by atoms with Gasteiger partial charge in [-0.05, 0) is 31.4 Å². The molecule has 1 aliphatic carbocycles. The van der Waals surface area contributed by atoms with E-state index in [4.69, 9.17) is 0 Å². The first-order chi connectivity index (χ1) is 13.0. The molecule has 0 saturated heterocycles. The highest BCUT2D eigenvalue weighted by molar-refractivity contribution is 7.90. The summed E-state index contributed by atoms with van der Waals surface area (Å²) >= 11 is 0. The van der Waals surface area contributed by atoms with Crippen molar-refractivity contribution in [2.45, 2.75) is 81.7 Å². The summed E-state index contributed by atoms with van der Waals surface area (Å²) in [6.45, 7) is 2.07. The van der Waals surface area contributed by atoms with Gasteiger partial charge in [0.15, 0.2) is 0 Å². The van der Waals surface area contributed by atoms with Crippen LogP contribution in [0.25, 0.3) is 0 Å². The minimum Gasteiger partial charge on any atom is -0.352 e. The number of amidine groups is 1. The number of nitrogens with zero attached hydrogens (tertiary/aromatic N) is 1. The summed E-state index contributed by atoms with van der Waals surface area (Å²) in [5, 5.41) is 3.16. The number of hydrogen-bond acceptors (Lipinski definition) is 4. The van der Waals surface area contributed by atoms with Gasteiger partial charge in [-0.25, -0.2) is 8.42 Å². The number of aliphatic imine (C=N–C) groups is 1. The lowest BCUT2D eigenvalue weighted by atomic mass is 10.1. The molecule has 1 aromatic carbocycles. The number of hydrogen-bond donors (Lipinski definition) is 2. The average Bonchev–Trinajstić information content (AvgIpc) is 2.81. The van der Waals surface area contributed by atoms with Gasteiger partial charge in [0.1, 0.15) is 11.9 Å². The van der Waals surface area contributed by atoms with Crippen LogP contribution >= 0.6 is 0 Å². The summed E-state index contributed by atoms with van der Waals surface area (Å²) in [7, 11) is -3.59. The molecule has 1 amide bonds. The minimum absolute atomic E-state index is 0.0913. The van der Waals surface area contributed by atoms with E-state index in [1.165, 1.54) is 12.8 Å². The first kappa shape index (κ1) is 19.9. The van der Waals surface area contributed by atoms with Gasteiger partial charge < -0.3 is 5.32 Å². The third kappa shape index (κ3) is 4.89. The van der Waals surface area contributed by atoms with E-state index in [1.807, 2.05) is 0 Å². The van der Waals surface area contributed by atoms with Gasteiger partial charge in [-0.15, -0.1) is 0 Å². The van der Waals surface area contributed by atoms with Gasteiger partial charge in [0.25, 0.3) is 10.0 Å². The van der Waals surface area contributed by atoms with Gasteiger partial charge >= 0.3 is 0 Å². The molecule has 1 atom stereocenters. The maximum Gasteiger partial charge on any atom is 0.263 e. The predicted molar refractivity (Wildman–Crippen MR) is 106 cm³/mol. The minimum atomic E-state index is -3.59. The summed E-state index contributed by atoms with van der Waals surface area (Å²) in [5.41, 5.74) is 0.543. The van der Waals surface area contributed by atoms with Crippen molar-refractivity contribution >= 4 is 21.8 Å². The monoisotopic (exact) mass is 391 g/mol. The van der Waals surface area contributed by atoms with Crippen molar-refractivity contribution in [3.63, 3.8) is 0 Å². The van der Waals surface area contributed by atoms with E-state index >= 15 is 0 Å². The number of carbonyl (C=O) groups excluding carboxylic acids is 1. The highest BCUT2D eigenvalue weighted by Crippen LogP contribution is 2.23. The summed E-state index contributed by atoms with van der Waals surface area (Å²) in [6.07, 6.45) is 9.21. The van der Waals surface area contributed by atoms with Gasteiger partial charge in [-0.2, -0.15) is 0 Å². The highest BCUT2D eigenvalue weighted by Gasteiger charge is 2.32. The fourth-order valence-electron chi connectivity index (χ4n) is 3.76. The third-order valence-electron chi connectivity index (χ3n) is 5.28. The normalized spacial score (nSPS) is 21.9. The summed E-state index contributed by atoms with van der Waals surface area (Å²) in [5.74, 6) is 0.189. The largest absolute Gasteiger partial charge is 0.352 e. The molecule has 2 N–H and O–H groups in total. The van der Waals surface area contributed by atoms with Crippen LogP contribution in [0, 0.1) is 0 Å². The van der Waals surface area contributed by atoms with Gasteiger partial charge in [0, 0.05) is 11.6 Å². The molecule has 1 aromatic rings. The van der Waals surface area contributed by atoms with Gasteiger partial charge in [0.2, 0.25) is 5.91 Å². The quantitative estimate of drug-likeness (QED) is 0.730. The van der Waals surface area contributed by atoms with Gasteiger partial charge in [-0.1, -0.05) is 57.6 Å². The van der Waals surface area contributed by atoms with Crippen molar-refractivity contribution in [2.24, 2.45) is 4.99 Å². The van der Waals surface area contributed by atoms with Crippen LogP contribution in [0.3, 0.4) is 0 Å². The predicted octanol–water partition coefficient (Wildman–Crippen LogP) is 3.12. The van der Waals surface area contributed by atoms with Crippen LogP contribution in [0.2, 0.25) is 0 Å². The number of amides is 1. The number of carbonyl (C=O) groups is 1. The molecule has 27 heavy (non-hydrogen) atoms. The zero-order valence-electron chi connectivity index (χ0n) is 15.9. The standard InChI is InChI=1S/C20H29N3O3S/c1-2-3-13-17(20(24)21-15-10-6-4-5-7-11-15)22-19-16-12-8-9-14-18(16)27(25,26)23-19/h8-9,12,14-15,17H,2-7,10-11,13H2,1H3,(H,21,24)(H,22,23). The zero-order chi connectivity index (χ0) is 19.3. The lowest BCUT2D eigenvalue weighted by Crippen LogP contribution is -2.41. The van der Waals surface area contributed by atoms with Crippen molar-refractivity contribution in [3.8, 4) is 0 Å². The molecule has 1 unspecified atom stereocenters. The molecule has 0 aromatic heterocycles. The van der Waals surface area contributed by atoms with Crippen LogP contribution in [0.4, 0.5) is 0 Å². The topological polar surface area (TPSA) is 87.6 Å². The Morgan fingerprint density at radius 2 is 1.93 bits per heavy atom. The van der Waals surface area contributed by atoms with E-state index in [2.05, 4.69) is 22.0 Å². The molecule has 6 nitrogen and oxygen atoms in total. The summed E-state index contributed by atoms with van der Waals surface area (Å²) < 4.78 is 27.1. The lowest BCUT2D eigenvalue weighted by molar-refractivity contribution is -0.123. The number of benzene rings is 1. The van der Waals surface area contributed by atoms with Crippen molar-refractivity contribution in [2.75, 3.05) is 0 Å². The number of nitrogens with one attached hydrogen (secondary N) is 2. The molecule has 1 aliphatic heterocycles. The maximum absolute atomic E-state index is 12.9. The second kappa shape index (κ2) is 8.87. The fourth-order valence-corrected chi connectivity index (χ4v) is 5.00. The fraction of sp³-hybridized carbons (Fsp3) is 0.600. The Kier molecular flexibility index (Phi) is 6.52. The molecule has 0 bridgehead atoms. The number of fused-ring (bicyclic) bond motifs is 1. The van der Waals surface area contributed by atoms with Crippen LogP contribution in [0.1, 0.15) is 70.3 Å². The zero-order valence-corrected chi connectivity index (χ0v) is 16.7. The van der Waals surface area contributed by atoms with Crippen LogP contribution in [-0.2, 0) is 14.8 Å². The Balaban J connectivity index is 1.80. The molecule has 3 rings (SSSR count). The maximum atomic E-state index is 12.9. The third-order valence-corrected chi connectivity index (χ3v) is 6.68. The Labute approximate surface area is 161 Å². The van der Waals surface area contributed by atoms with E-state index in [-0.39, 0.29) is 22.7 Å². The first-order valence-electron chi connectivity index (χ1n) is 10.0. The molecule has 2 aliphatic rings. The Morgan fingerprint density at radius 1 is 1.22 bits per heavy atom. The summed E-state index contributed by atoms with van der Waals surface area (Å²) in [4.78, 5) is 17.7. The molecule has 1 saturated carbocycles. The highest BCUT2D eigenvalue weighted by atomic mass is 32.2. The van der Waals surface area contributed by atoms with Crippen molar-refractivity contribution in [3.05, 3.63) is 29.8 Å². The van der Waals surface area contributed by atoms with Crippen LogP contribution in [0.15, 0.2) is 34.2 Å². The molecule has 1 heterocycles. The molecule has 1 fully saturated rings. The van der Waals surface area contributed by atoms with Gasteiger partial charge in [-0.3, -0.25) is 14.5 Å². The Hall–Kier alpha value is -1.89. The van der Waals surface area contributed by atoms with E-state index < -0.39 is 16.1 Å². The second-order valence-corrected chi connectivity index (χ2v) is 9.09. The van der Waals surface area contributed by atoms with Gasteiger partial charge in [0.05, 0.1) is 4.90 Å². The Morgan fingerprint density at radius 3 is 2.63 bits per heavy atom. The van der Waals surface area contributed by atoms with Crippen LogP contribution in [-0.4, -0.2) is 32.2 Å². The van der Waals surface area contributed by atoms with Crippen LogP contribution < -0.4 is 10.0 Å². The van der Waals surface area contributed by atoms with Crippen LogP contribution in [0.5, 0.6) is 0 Å². The SMILES string of the molecule is CCCCC(N=C1NS(=O)(=O)c2ccccc21)C(=O)NC1CCCCCC1. The van der Waals surface area contributed by atoms with Crippen molar-refractivity contribution in [1.82, 2.24) is 10.0 Å². The smallest absolute Gasteiger partial charge is 0.263 e. The first-order valence-corrected chi connectivity index (χ1v) is 11.5. The Bertz CT molecular complexity index is 796.